The van der Waals surface area contributed by atoms with Gasteiger partial charge in [-0.1, -0.05) is 6.07 Å². The largest absolute Gasteiger partial charge is 0.497 e. The molecule has 0 radical (unpaired) electrons. The van der Waals surface area contributed by atoms with Gasteiger partial charge in [-0.25, -0.2) is 4.98 Å². The second-order valence-electron chi connectivity index (χ2n) is 9.08. The lowest BCUT2D eigenvalue weighted by atomic mass is 9.82. The van der Waals surface area contributed by atoms with Gasteiger partial charge in [0.15, 0.2) is 0 Å². The van der Waals surface area contributed by atoms with Crippen LogP contribution in [0.2, 0.25) is 0 Å². The van der Waals surface area contributed by atoms with Crippen molar-refractivity contribution in [3.05, 3.63) is 42.4 Å². The predicted molar refractivity (Wildman–Crippen MR) is 122 cm³/mol. The number of hydrogen-bond acceptors (Lipinski definition) is 7. The van der Waals surface area contributed by atoms with Crippen molar-refractivity contribution in [3.8, 4) is 5.75 Å². The van der Waals surface area contributed by atoms with Crippen LogP contribution in [-0.2, 0) is 16.0 Å². The maximum absolute atomic E-state index is 13.8. The van der Waals surface area contributed by atoms with Crippen molar-refractivity contribution < 1.29 is 14.3 Å². The number of amides is 1. The fraction of sp³-hybridized carbons (Fsp3) is 0.542. The maximum Gasteiger partial charge on any atom is 0.228 e. The molecule has 2 aromatic rings. The van der Waals surface area contributed by atoms with E-state index in [0.717, 1.165) is 37.6 Å². The van der Waals surface area contributed by atoms with Crippen LogP contribution in [0.15, 0.2) is 36.8 Å². The number of piperazine rings is 1. The molecule has 8 nitrogen and oxygen atoms in total. The summed E-state index contributed by atoms with van der Waals surface area (Å²) in [5.74, 6) is 1.82. The average molecular weight is 438 g/mol. The molecule has 2 fully saturated rings. The number of fused-ring (bicyclic) bond motifs is 3. The van der Waals surface area contributed by atoms with Gasteiger partial charge in [0, 0.05) is 56.9 Å². The van der Waals surface area contributed by atoms with Gasteiger partial charge in [-0.3, -0.25) is 9.78 Å². The smallest absolute Gasteiger partial charge is 0.228 e. The summed E-state index contributed by atoms with van der Waals surface area (Å²) in [5.41, 5.74) is 2.39. The summed E-state index contributed by atoms with van der Waals surface area (Å²) in [6, 6.07) is 6.28. The lowest BCUT2D eigenvalue weighted by molar-refractivity contribution is -0.148. The van der Waals surface area contributed by atoms with Gasteiger partial charge in [-0.15, -0.1) is 0 Å². The zero-order valence-electron chi connectivity index (χ0n) is 19.0. The molecule has 5 rings (SSSR count). The third-order valence-electron chi connectivity index (χ3n) is 6.85. The Morgan fingerprint density at radius 3 is 2.66 bits per heavy atom. The Bertz CT molecular complexity index is 961. The summed E-state index contributed by atoms with van der Waals surface area (Å²) < 4.78 is 11.4. The normalized spacial score (nSPS) is 27.5. The first kappa shape index (κ1) is 21.0. The van der Waals surface area contributed by atoms with Crippen LogP contribution in [0.3, 0.4) is 0 Å². The average Bonchev–Trinajstić information content (AvgIpc) is 2.82. The number of methoxy groups -OCH3 is 1. The number of benzene rings is 1. The van der Waals surface area contributed by atoms with E-state index in [9.17, 15) is 4.79 Å². The van der Waals surface area contributed by atoms with Crippen molar-refractivity contribution in [2.75, 3.05) is 49.6 Å². The standard InChI is InChI=1S/C24H31N5O3/c1-16-13-28(14-17(2)32-16)24(30)20-10-18-4-5-19(31-3)11-21(18)29-9-8-27(15-22(20)29)23-12-25-6-7-26-23/h4-7,11-12,16-17,20,22H,8-10,13-15H2,1-3H3. The minimum Gasteiger partial charge on any atom is -0.497 e. The molecule has 4 atom stereocenters. The lowest BCUT2D eigenvalue weighted by Gasteiger charge is -2.50. The quantitative estimate of drug-likeness (QED) is 0.727. The van der Waals surface area contributed by atoms with Crippen LogP contribution in [0.5, 0.6) is 5.75 Å². The molecule has 1 amide bonds. The van der Waals surface area contributed by atoms with Crippen molar-refractivity contribution in [3.63, 3.8) is 0 Å². The number of anilines is 2. The number of carbonyl (C=O) groups excluding carboxylic acids is 1. The van der Waals surface area contributed by atoms with Crippen LogP contribution in [0.4, 0.5) is 11.5 Å². The molecule has 0 spiro atoms. The van der Waals surface area contributed by atoms with Gasteiger partial charge in [0.05, 0.1) is 37.5 Å². The van der Waals surface area contributed by atoms with E-state index >= 15 is 0 Å². The van der Waals surface area contributed by atoms with Crippen LogP contribution in [0.25, 0.3) is 0 Å². The van der Waals surface area contributed by atoms with E-state index in [4.69, 9.17) is 9.47 Å². The predicted octanol–water partition coefficient (Wildman–Crippen LogP) is 1.99. The van der Waals surface area contributed by atoms with Gasteiger partial charge in [0.1, 0.15) is 11.6 Å². The Morgan fingerprint density at radius 1 is 1.12 bits per heavy atom. The third-order valence-corrected chi connectivity index (χ3v) is 6.85. The van der Waals surface area contributed by atoms with Gasteiger partial charge in [-0.05, 0) is 31.9 Å². The molecular formula is C24H31N5O3. The third kappa shape index (κ3) is 3.88. The van der Waals surface area contributed by atoms with Gasteiger partial charge in [-0.2, -0.15) is 0 Å². The zero-order chi connectivity index (χ0) is 22.2. The molecular weight excluding hydrogens is 406 g/mol. The van der Waals surface area contributed by atoms with Crippen molar-refractivity contribution in [1.82, 2.24) is 14.9 Å². The monoisotopic (exact) mass is 437 g/mol. The second-order valence-corrected chi connectivity index (χ2v) is 9.08. The molecule has 2 saturated heterocycles. The van der Waals surface area contributed by atoms with Gasteiger partial charge in [0.2, 0.25) is 5.91 Å². The molecule has 1 aromatic heterocycles. The number of carbonyl (C=O) groups is 1. The van der Waals surface area contributed by atoms with Gasteiger partial charge >= 0.3 is 0 Å². The Labute approximate surface area is 189 Å². The number of hydrogen-bond donors (Lipinski definition) is 0. The first-order valence-electron chi connectivity index (χ1n) is 11.4. The molecule has 4 unspecified atom stereocenters. The Balaban J connectivity index is 1.47. The summed E-state index contributed by atoms with van der Waals surface area (Å²) in [7, 11) is 1.70. The Morgan fingerprint density at radius 2 is 1.94 bits per heavy atom. The summed E-state index contributed by atoms with van der Waals surface area (Å²) in [4.78, 5) is 29.3. The first-order valence-corrected chi connectivity index (χ1v) is 11.4. The number of ether oxygens (including phenoxy) is 2. The number of aromatic nitrogens is 2. The van der Waals surface area contributed by atoms with E-state index in [0.29, 0.717) is 13.1 Å². The lowest BCUT2D eigenvalue weighted by Crippen LogP contribution is -2.62. The molecule has 0 saturated carbocycles. The van der Waals surface area contributed by atoms with E-state index in [1.807, 2.05) is 24.8 Å². The minimum atomic E-state index is -0.118. The van der Waals surface area contributed by atoms with Crippen molar-refractivity contribution >= 4 is 17.4 Å². The maximum atomic E-state index is 13.8. The van der Waals surface area contributed by atoms with Crippen LogP contribution in [0, 0.1) is 5.92 Å². The minimum absolute atomic E-state index is 0.0568. The van der Waals surface area contributed by atoms with E-state index in [1.54, 1.807) is 25.7 Å². The van der Waals surface area contributed by atoms with Crippen molar-refractivity contribution in [2.24, 2.45) is 5.92 Å². The highest BCUT2D eigenvalue weighted by molar-refractivity contribution is 5.83. The Hall–Kier alpha value is -2.87. The van der Waals surface area contributed by atoms with Crippen molar-refractivity contribution in [1.29, 1.82) is 0 Å². The van der Waals surface area contributed by atoms with E-state index in [-0.39, 0.29) is 30.1 Å². The van der Waals surface area contributed by atoms with E-state index < -0.39 is 0 Å². The summed E-state index contributed by atoms with van der Waals surface area (Å²) >= 11 is 0. The molecule has 4 heterocycles. The van der Waals surface area contributed by atoms with Crippen LogP contribution < -0.4 is 14.5 Å². The van der Waals surface area contributed by atoms with E-state index in [1.165, 1.54) is 11.3 Å². The van der Waals surface area contributed by atoms with Crippen LogP contribution >= 0.6 is 0 Å². The molecule has 170 valence electrons. The summed E-state index contributed by atoms with van der Waals surface area (Å²) in [5, 5.41) is 0. The van der Waals surface area contributed by atoms with Crippen LogP contribution in [0.1, 0.15) is 19.4 Å². The zero-order valence-corrected chi connectivity index (χ0v) is 19.0. The summed E-state index contributed by atoms with van der Waals surface area (Å²) in [6.45, 7) is 7.77. The number of morpholine rings is 1. The van der Waals surface area contributed by atoms with Gasteiger partial charge < -0.3 is 24.2 Å². The molecule has 0 N–H and O–H groups in total. The number of rotatable bonds is 3. The molecule has 3 aliphatic rings. The molecule has 8 heteroatoms. The molecule has 0 aliphatic carbocycles. The molecule has 32 heavy (non-hydrogen) atoms. The highest BCUT2D eigenvalue weighted by atomic mass is 16.5. The fourth-order valence-electron chi connectivity index (χ4n) is 5.44. The number of nitrogens with zero attached hydrogens (tertiary/aromatic N) is 5. The molecule has 3 aliphatic heterocycles. The Kier molecular flexibility index (Phi) is 5.63. The SMILES string of the molecule is COc1ccc2c(c1)N1CCN(c3cnccn3)CC1C(C(=O)N1CC(C)OC(C)C1)C2. The van der Waals surface area contributed by atoms with Crippen LogP contribution in [-0.4, -0.2) is 78.9 Å². The first-order chi connectivity index (χ1) is 15.5. The van der Waals surface area contributed by atoms with E-state index in [2.05, 4.69) is 31.9 Å². The molecule has 0 bridgehead atoms. The highest BCUT2D eigenvalue weighted by Gasteiger charge is 2.44. The molecule has 1 aromatic carbocycles. The summed E-state index contributed by atoms with van der Waals surface area (Å²) in [6.07, 6.45) is 6.06. The second kappa shape index (κ2) is 8.58. The van der Waals surface area contributed by atoms with Gasteiger partial charge in [0.25, 0.3) is 0 Å². The fourth-order valence-corrected chi connectivity index (χ4v) is 5.44. The van der Waals surface area contributed by atoms with Crippen molar-refractivity contribution in [2.45, 2.75) is 38.5 Å². The highest BCUT2D eigenvalue weighted by Crippen LogP contribution is 2.39. The topological polar surface area (TPSA) is 71.0 Å².